The summed E-state index contributed by atoms with van der Waals surface area (Å²) in [6, 6.07) is 8.27. The van der Waals surface area contributed by atoms with Crippen LogP contribution in [0.5, 0.6) is 0 Å². The molecule has 92 valence electrons. The molecule has 0 spiro atoms. The van der Waals surface area contributed by atoms with E-state index in [2.05, 4.69) is 32.5 Å². The Kier molecular flexibility index (Phi) is 2.23. The van der Waals surface area contributed by atoms with Crippen molar-refractivity contribution in [3.8, 4) is 0 Å². The van der Waals surface area contributed by atoms with Crippen LogP contribution in [0.25, 0.3) is 10.9 Å². The maximum Gasteiger partial charge on any atom is 0.0950 e. The molecule has 2 aromatic rings. The van der Waals surface area contributed by atoms with E-state index in [1.165, 1.54) is 11.1 Å². The van der Waals surface area contributed by atoms with Crippen LogP contribution in [0, 0.1) is 11.8 Å². The second kappa shape index (κ2) is 3.92. The topological polar surface area (TPSA) is 41.0 Å². The first-order valence-electron chi connectivity index (χ1n) is 6.58. The molecule has 4 nitrogen and oxygen atoms in total. The lowest BCUT2D eigenvalue weighted by molar-refractivity contribution is 0.533. The maximum absolute atomic E-state index is 4.20. The van der Waals surface area contributed by atoms with E-state index in [0.717, 1.165) is 43.5 Å². The van der Waals surface area contributed by atoms with Crippen LogP contribution in [-0.2, 0) is 0 Å². The molecule has 1 N–H and O–H groups in total. The van der Waals surface area contributed by atoms with E-state index in [9.17, 15) is 0 Å². The van der Waals surface area contributed by atoms with Crippen LogP contribution >= 0.6 is 0 Å². The predicted molar refractivity (Wildman–Crippen MR) is 71.6 cm³/mol. The number of anilines is 1. The zero-order valence-electron chi connectivity index (χ0n) is 10.2. The molecule has 18 heavy (non-hydrogen) atoms. The van der Waals surface area contributed by atoms with E-state index in [-0.39, 0.29) is 0 Å². The van der Waals surface area contributed by atoms with Gasteiger partial charge in [-0.2, -0.15) is 10.2 Å². The summed E-state index contributed by atoms with van der Waals surface area (Å²) < 4.78 is 0. The molecule has 2 aliphatic rings. The Morgan fingerprint density at radius 1 is 1.11 bits per heavy atom. The molecule has 0 aliphatic carbocycles. The smallest absolute Gasteiger partial charge is 0.0950 e. The SMILES string of the molecule is c1ccc2c(N3C[C@H]4CNC[C@H]4C3)cnnc2c1. The fraction of sp³-hybridized carbons (Fsp3) is 0.429. The first kappa shape index (κ1) is 10.3. The van der Waals surface area contributed by atoms with Gasteiger partial charge in [-0.3, -0.25) is 0 Å². The second-order valence-corrected chi connectivity index (χ2v) is 5.33. The molecule has 0 unspecified atom stereocenters. The van der Waals surface area contributed by atoms with E-state index in [4.69, 9.17) is 0 Å². The van der Waals surface area contributed by atoms with Gasteiger partial charge >= 0.3 is 0 Å². The minimum absolute atomic E-state index is 0.803. The summed E-state index contributed by atoms with van der Waals surface area (Å²) in [7, 11) is 0. The molecular weight excluding hydrogens is 224 g/mol. The van der Waals surface area contributed by atoms with Gasteiger partial charge in [0.05, 0.1) is 17.4 Å². The van der Waals surface area contributed by atoms with Crippen molar-refractivity contribution < 1.29 is 0 Å². The number of hydrogen-bond acceptors (Lipinski definition) is 4. The summed E-state index contributed by atoms with van der Waals surface area (Å²) in [6.07, 6.45) is 1.91. The van der Waals surface area contributed by atoms with Crippen molar-refractivity contribution >= 4 is 16.6 Å². The summed E-state index contributed by atoms with van der Waals surface area (Å²) in [5, 5.41) is 13.0. The first-order chi connectivity index (χ1) is 8.92. The largest absolute Gasteiger partial charge is 0.369 e. The first-order valence-corrected chi connectivity index (χ1v) is 6.58. The Morgan fingerprint density at radius 3 is 2.72 bits per heavy atom. The third-order valence-corrected chi connectivity index (χ3v) is 4.26. The fourth-order valence-electron chi connectivity index (χ4n) is 3.30. The number of aromatic nitrogens is 2. The highest BCUT2D eigenvalue weighted by Gasteiger charge is 2.36. The summed E-state index contributed by atoms with van der Waals surface area (Å²) in [4.78, 5) is 2.48. The van der Waals surface area contributed by atoms with Gasteiger partial charge < -0.3 is 10.2 Å². The summed E-state index contributed by atoms with van der Waals surface area (Å²) in [5.74, 6) is 1.61. The van der Waals surface area contributed by atoms with E-state index >= 15 is 0 Å². The fourth-order valence-corrected chi connectivity index (χ4v) is 3.30. The van der Waals surface area contributed by atoms with Gasteiger partial charge in [0.25, 0.3) is 0 Å². The van der Waals surface area contributed by atoms with Gasteiger partial charge in [0.1, 0.15) is 0 Å². The lowest BCUT2D eigenvalue weighted by Gasteiger charge is -2.20. The van der Waals surface area contributed by atoms with Crippen molar-refractivity contribution in [2.45, 2.75) is 0 Å². The summed E-state index contributed by atoms with van der Waals surface area (Å²) in [5.41, 5.74) is 2.24. The van der Waals surface area contributed by atoms with Gasteiger partial charge in [0.2, 0.25) is 0 Å². The third kappa shape index (κ3) is 1.49. The van der Waals surface area contributed by atoms with Crippen LogP contribution < -0.4 is 10.2 Å². The van der Waals surface area contributed by atoms with Gasteiger partial charge in [-0.25, -0.2) is 0 Å². The van der Waals surface area contributed by atoms with Crippen molar-refractivity contribution in [3.63, 3.8) is 0 Å². The summed E-state index contributed by atoms with van der Waals surface area (Å²) in [6.45, 7) is 4.62. The molecule has 1 aromatic heterocycles. The van der Waals surface area contributed by atoms with E-state index in [1.54, 1.807) is 0 Å². The molecular formula is C14H16N4. The molecule has 3 heterocycles. The lowest BCUT2D eigenvalue weighted by atomic mass is 10.0. The third-order valence-electron chi connectivity index (χ3n) is 4.26. The molecule has 0 saturated carbocycles. The van der Waals surface area contributed by atoms with Crippen molar-refractivity contribution in [2.75, 3.05) is 31.1 Å². The molecule has 4 rings (SSSR count). The highest BCUT2D eigenvalue weighted by Crippen LogP contribution is 2.33. The van der Waals surface area contributed by atoms with Crippen molar-refractivity contribution in [2.24, 2.45) is 11.8 Å². The minimum Gasteiger partial charge on any atom is -0.369 e. The Bertz CT molecular complexity index is 566. The average molecular weight is 240 g/mol. The number of nitrogens with one attached hydrogen (secondary N) is 1. The van der Waals surface area contributed by atoms with Gasteiger partial charge in [-0.05, 0) is 17.9 Å². The van der Waals surface area contributed by atoms with E-state index < -0.39 is 0 Å². The second-order valence-electron chi connectivity index (χ2n) is 5.33. The molecule has 0 amide bonds. The monoisotopic (exact) mass is 240 g/mol. The quantitative estimate of drug-likeness (QED) is 0.815. The number of hydrogen-bond donors (Lipinski definition) is 1. The van der Waals surface area contributed by atoms with Crippen molar-refractivity contribution in [3.05, 3.63) is 30.5 Å². The van der Waals surface area contributed by atoms with E-state index in [0.29, 0.717) is 0 Å². The highest BCUT2D eigenvalue weighted by atomic mass is 15.2. The van der Waals surface area contributed by atoms with Crippen LogP contribution in [0.4, 0.5) is 5.69 Å². The van der Waals surface area contributed by atoms with Crippen LogP contribution in [0.3, 0.4) is 0 Å². The Labute approximate surface area is 106 Å². The zero-order chi connectivity index (χ0) is 11.9. The highest BCUT2D eigenvalue weighted by molar-refractivity contribution is 5.90. The van der Waals surface area contributed by atoms with Crippen molar-refractivity contribution in [1.82, 2.24) is 15.5 Å². The number of nitrogens with zero attached hydrogens (tertiary/aromatic N) is 3. The Balaban J connectivity index is 1.75. The molecule has 4 heteroatoms. The number of benzene rings is 1. The van der Waals surface area contributed by atoms with Crippen molar-refractivity contribution in [1.29, 1.82) is 0 Å². The molecule has 2 atom stereocenters. The van der Waals surface area contributed by atoms with Crippen LogP contribution in [0.1, 0.15) is 0 Å². The summed E-state index contributed by atoms with van der Waals surface area (Å²) >= 11 is 0. The molecule has 0 radical (unpaired) electrons. The average Bonchev–Trinajstić information content (AvgIpc) is 2.99. The van der Waals surface area contributed by atoms with Gasteiger partial charge in [0, 0.05) is 31.6 Å². The lowest BCUT2D eigenvalue weighted by Crippen LogP contribution is -2.25. The zero-order valence-corrected chi connectivity index (χ0v) is 10.2. The molecule has 2 aliphatic heterocycles. The van der Waals surface area contributed by atoms with Crippen LogP contribution in [-0.4, -0.2) is 36.4 Å². The minimum atomic E-state index is 0.803. The molecule has 2 fully saturated rings. The van der Waals surface area contributed by atoms with Crippen LogP contribution in [0.15, 0.2) is 30.5 Å². The van der Waals surface area contributed by atoms with Crippen LogP contribution in [0.2, 0.25) is 0 Å². The van der Waals surface area contributed by atoms with Gasteiger partial charge in [-0.15, -0.1) is 0 Å². The number of fused-ring (bicyclic) bond motifs is 2. The Morgan fingerprint density at radius 2 is 1.89 bits per heavy atom. The Hall–Kier alpha value is -1.68. The molecule has 2 saturated heterocycles. The standard InChI is InChI=1S/C14H16N4/c1-2-4-13-12(3-1)14(7-16-17-13)18-8-10-5-15-6-11(10)9-18/h1-4,7,10-11,15H,5-6,8-9H2/t10-,11+. The number of rotatable bonds is 1. The molecule has 1 aromatic carbocycles. The molecule has 0 bridgehead atoms. The normalized spacial score (nSPS) is 26.8. The van der Waals surface area contributed by atoms with Gasteiger partial charge in [0.15, 0.2) is 0 Å². The van der Waals surface area contributed by atoms with E-state index in [1.807, 2.05) is 18.3 Å². The maximum atomic E-state index is 4.20. The predicted octanol–water partition coefficient (Wildman–Crippen LogP) is 1.29. The van der Waals surface area contributed by atoms with Gasteiger partial charge in [-0.1, -0.05) is 18.2 Å².